The third-order valence-corrected chi connectivity index (χ3v) is 2.75. The fourth-order valence-corrected chi connectivity index (χ4v) is 1.86. The number of benzene rings is 1. The lowest BCUT2D eigenvalue weighted by molar-refractivity contribution is 0.0764. The maximum Gasteiger partial charge on any atom is 0.0805 e. The molecule has 0 spiro atoms. The van der Waals surface area contributed by atoms with Crippen LogP contribution in [-0.4, -0.2) is 22.9 Å². The number of aliphatic hydroxyl groups is 2. The van der Waals surface area contributed by atoms with Crippen LogP contribution in [0.3, 0.4) is 0 Å². The van der Waals surface area contributed by atoms with E-state index < -0.39 is 6.10 Å². The molecular formula is C11H14O2. The van der Waals surface area contributed by atoms with Gasteiger partial charge in [-0.1, -0.05) is 30.3 Å². The van der Waals surface area contributed by atoms with Crippen molar-refractivity contribution in [3.8, 4) is 0 Å². The first-order chi connectivity index (χ1) is 6.33. The summed E-state index contributed by atoms with van der Waals surface area (Å²) in [6.45, 7) is -0.117. The summed E-state index contributed by atoms with van der Waals surface area (Å²) in [7, 11) is 0. The van der Waals surface area contributed by atoms with Crippen molar-refractivity contribution in [3.05, 3.63) is 35.9 Å². The van der Waals surface area contributed by atoms with E-state index in [2.05, 4.69) is 12.1 Å². The van der Waals surface area contributed by atoms with Crippen LogP contribution in [0.1, 0.15) is 17.9 Å². The van der Waals surface area contributed by atoms with E-state index in [1.54, 1.807) is 0 Å². The van der Waals surface area contributed by atoms with Crippen molar-refractivity contribution in [2.24, 2.45) is 5.92 Å². The zero-order chi connectivity index (χ0) is 9.26. The fourth-order valence-electron chi connectivity index (χ4n) is 1.86. The highest BCUT2D eigenvalue weighted by Crippen LogP contribution is 2.49. The summed E-state index contributed by atoms with van der Waals surface area (Å²) in [5.41, 5.74) is 1.28. The van der Waals surface area contributed by atoms with Crippen LogP contribution >= 0.6 is 0 Å². The van der Waals surface area contributed by atoms with Crippen molar-refractivity contribution in [3.63, 3.8) is 0 Å². The molecule has 1 aliphatic carbocycles. The zero-order valence-corrected chi connectivity index (χ0v) is 7.43. The van der Waals surface area contributed by atoms with Gasteiger partial charge in [0.25, 0.3) is 0 Å². The van der Waals surface area contributed by atoms with Crippen LogP contribution in [0.25, 0.3) is 0 Å². The van der Waals surface area contributed by atoms with E-state index in [0.29, 0.717) is 5.92 Å². The van der Waals surface area contributed by atoms with Gasteiger partial charge in [-0.25, -0.2) is 0 Å². The van der Waals surface area contributed by atoms with E-state index in [0.717, 1.165) is 6.42 Å². The molecule has 1 aromatic carbocycles. The van der Waals surface area contributed by atoms with E-state index in [9.17, 15) is 5.11 Å². The normalized spacial score (nSPS) is 28.5. The molecule has 0 bridgehead atoms. The zero-order valence-electron chi connectivity index (χ0n) is 7.43. The highest BCUT2D eigenvalue weighted by Gasteiger charge is 2.42. The number of aliphatic hydroxyl groups excluding tert-OH is 2. The molecule has 70 valence electrons. The molecule has 0 aromatic heterocycles. The number of hydrogen-bond donors (Lipinski definition) is 2. The van der Waals surface area contributed by atoms with E-state index >= 15 is 0 Å². The van der Waals surface area contributed by atoms with Gasteiger partial charge in [0.05, 0.1) is 12.7 Å². The molecule has 0 radical (unpaired) electrons. The first kappa shape index (κ1) is 8.73. The molecule has 0 saturated heterocycles. The molecule has 2 nitrogen and oxygen atoms in total. The van der Waals surface area contributed by atoms with Crippen molar-refractivity contribution in [1.82, 2.24) is 0 Å². The molecule has 1 saturated carbocycles. The van der Waals surface area contributed by atoms with Crippen molar-refractivity contribution < 1.29 is 10.2 Å². The Morgan fingerprint density at radius 3 is 2.62 bits per heavy atom. The smallest absolute Gasteiger partial charge is 0.0805 e. The van der Waals surface area contributed by atoms with Gasteiger partial charge in [0.1, 0.15) is 0 Å². The van der Waals surface area contributed by atoms with Crippen molar-refractivity contribution in [2.45, 2.75) is 18.4 Å². The Morgan fingerprint density at radius 1 is 1.31 bits per heavy atom. The minimum atomic E-state index is -0.537. The standard InChI is InChI=1S/C11H14O2/c12-7-11(13)10-6-9(10)8-4-2-1-3-5-8/h1-5,9-13H,6-7H2/t9-,10+,11+/m1/s1. The van der Waals surface area contributed by atoms with Gasteiger partial charge in [-0.2, -0.15) is 0 Å². The molecule has 2 N–H and O–H groups in total. The first-order valence-electron chi connectivity index (χ1n) is 4.67. The monoisotopic (exact) mass is 178 g/mol. The lowest BCUT2D eigenvalue weighted by Gasteiger charge is -2.05. The summed E-state index contributed by atoms with van der Waals surface area (Å²) in [5, 5.41) is 18.1. The SMILES string of the molecule is OC[C@H](O)[C@H]1C[C@@H]1c1ccccc1. The maximum absolute atomic E-state index is 9.38. The summed E-state index contributed by atoms with van der Waals surface area (Å²) in [4.78, 5) is 0. The summed E-state index contributed by atoms with van der Waals surface area (Å²) >= 11 is 0. The average molecular weight is 178 g/mol. The summed E-state index contributed by atoms with van der Waals surface area (Å²) in [5.74, 6) is 0.732. The van der Waals surface area contributed by atoms with Crippen molar-refractivity contribution in [1.29, 1.82) is 0 Å². The van der Waals surface area contributed by atoms with Gasteiger partial charge in [-0.05, 0) is 23.8 Å². The quantitative estimate of drug-likeness (QED) is 0.728. The largest absolute Gasteiger partial charge is 0.394 e. The molecule has 13 heavy (non-hydrogen) atoms. The third-order valence-electron chi connectivity index (χ3n) is 2.75. The second-order valence-electron chi connectivity index (χ2n) is 3.67. The Labute approximate surface area is 77.8 Å². The highest BCUT2D eigenvalue weighted by atomic mass is 16.3. The van der Waals surface area contributed by atoms with E-state index in [1.807, 2.05) is 18.2 Å². The molecular weight excluding hydrogens is 164 g/mol. The molecule has 2 heteroatoms. The van der Waals surface area contributed by atoms with Crippen LogP contribution in [0, 0.1) is 5.92 Å². The second-order valence-corrected chi connectivity index (χ2v) is 3.67. The predicted octanol–water partition coefficient (Wildman–Crippen LogP) is 1.14. The molecule has 1 fully saturated rings. The van der Waals surface area contributed by atoms with Crippen molar-refractivity contribution >= 4 is 0 Å². The summed E-state index contributed by atoms with van der Waals surface area (Å²) in [6.07, 6.45) is 0.469. The average Bonchev–Trinajstić information content (AvgIpc) is 2.98. The molecule has 0 amide bonds. The predicted molar refractivity (Wildman–Crippen MR) is 50.4 cm³/mol. The molecule has 2 rings (SSSR count). The van der Waals surface area contributed by atoms with Gasteiger partial charge in [0, 0.05) is 0 Å². The summed E-state index contributed by atoms with van der Waals surface area (Å²) < 4.78 is 0. The van der Waals surface area contributed by atoms with Crippen LogP contribution in [0.5, 0.6) is 0 Å². The Kier molecular flexibility index (Phi) is 2.34. The number of rotatable bonds is 3. The first-order valence-corrected chi connectivity index (χ1v) is 4.67. The van der Waals surface area contributed by atoms with Crippen LogP contribution in [0.4, 0.5) is 0 Å². The van der Waals surface area contributed by atoms with Crippen LogP contribution < -0.4 is 0 Å². The molecule has 1 aromatic rings. The van der Waals surface area contributed by atoms with Crippen molar-refractivity contribution in [2.75, 3.05) is 6.61 Å². The Balaban J connectivity index is 2.00. The van der Waals surface area contributed by atoms with Gasteiger partial charge in [0.15, 0.2) is 0 Å². The topological polar surface area (TPSA) is 40.5 Å². The molecule has 0 unspecified atom stereocenters. The van der Waals surface area contributed by atoms with Crippen LogP contribution in [0.15, 0.2) is 30.3 Å². The van der Waals surface area contributed by atoms with Crippen LogP contribution in [-0.2, 0) is 0 Å². The molecule has 1 aliphatic rings. The third kappa shape index (κ3) is 1.74. The highest BCUT2D eigenvalue weighted by molar-refractivity contribution is 5.26. The Hall–Kier alpha value is -0.860. The molecule has 3 atom stereocenters. The lowest BCUT2D eigenvalue weighted by atomic mass is 10.1. The van der Waals surface area contributed by atoms with Gasteiger partial charge in [0.2, 0.25) is 0 Å². The fraction of sp³-hybridized carbons (Fsp3) is 0.455. The Bertz CT molecular complexity index is 271. The minimum Gasteiger partial charge on any atom is -0.394 e. The summed E-state index contributed by atoms with van der Waals surface area (Å²) in [6, 6.07) is 10.2. The molecule has 0 heterocycles. The van der Waals surface area contributed by atoms with Crippen LogP contribution in [0.2, 0.25) is 0 Å². The van der Waals surface area contributed by atoms with E-state index in [4.69, 9.17) is 5.11 Å². The van der Waals surface area contributed by atoms with Gasteiger partial charge >= 0.3 is 0 Å². The van der Waals surface area contributed by atoms with Gasteiger partial charge in [-0.3, -0.25) is 0 Å². The van der Waals surface area contributed by atoms with Gasteiger partial charge < -0.3 is 10.2 Å². The Morgan fingerprint density at radius 2 is 2.00 bits per heavy atom. The molecule has 0 aliphatic heterocycles. The maximum atomic E-state index is 9.38. The van der Waals surface area contributed by atoms with Gasteiger partial charge in [-0.15, -0.1) is 0 Å². The van der Waals surface area contributed by atoms with E-state index in [-0.39, 0.29) is 12.5 Å². The number of hydrogen-bond acceptors (Lipinski definition) is 2. The second kappa shape index (κ2) is 3.48. The minimum absolute atomic E-state index is 0.117. The lowest BCUT2D eigenvalue weighted by Crippen LogP contribution is -2.15. The van der Waals surface area contributed by atoms with E-state index in [1.165, 1.54) is 5.56 Å².